The number of rotatable bonds is 7. The maximum atomic E-state index is 9.51. The van der Waals surface area contributed by atoms with Crippen molar-refractivity contribution in [2.45, 2.75) is 6.54 Å². The first-order chi connectivity index (χ1) is 11.1. The molecule has 6 heteroatoms. The van der Waals surface area contributed by atoms with Crippen molar-refractivity contribution >= 4 is 16.5 Å². The van der Waals surface area contributed by atoms with Crippen molar-refractivity contribution in [3.8, 4) is 11.3 Å². The predicted octanol–water partition coefficient (Wildman–Crippen LogP) is 1.97. The van der Waals surface area contributed by atoms with E-state index in [1.54, 1.807) is 11.3 Å². The van der Waals surface area contributed by atoms with Crippen LogP contribution in [0.4, 0.5) is 5.13 Å². The molecule has 5 nitrogen and oxygen atoms in total. The molecular formula is C17H23N3O2S. The Morgan fingerprint density at radius 3 is 2.61 bits per heavy atom. The molecule has 0 bridgehead atoms. The monoisotopic (exact) mass is 333 g/mol. The number of hydrogen-bond donors (Lipinski definition) is 2. The Morgan fingerprint density at radius 2 is 2.04 bits per heavy atom. The van der Waals surface area contributed by atoms with Crippen molar-refractivity contribution < 1.29 is 9.84 Å². The summed E-state index contributed by atoms with van der Waals surface area (Å²) in [6.07, 6.45) is 0. The van der Waals surface area contributed by atoms with E-state index in [1.807, 2.05) is 37.2 Å². The standard InChI is InChI=1S/C17H23N3O2S/c1-20(2)16-19-15(13-6-4-3-5-7-13)14(23-16)8-18-9-17(10-21)11-22-12-17/h3-7,18,21H,8-12H2,1-2H3. The number of thiazole rings is 1. The van der Waals surface area contributed by atoms with Crippen LogP contribution < -0.4 is 10.2 Å². The van der Waals surface area contributed by atoms with Gasteiger partial charge < -0.3 is 20.1 Å². The van der Waals surface area contributed by atoms with Crippen LogP contribution in [0.2, 0.25) is 0 Å². The van der Waals surface area contributed by atoms with Gasteiger partial charge in [-0.3, -0.25) is 0 Å². The van der Waals surface area contributed by atoms with Gasteiger partial charge in [-0.1, -0.05) is 41.7 Å². The minimum atomic E-state index is -0.109. The number of benzene rings is 1. The van der Waals surface area contributed by atoms with Crippen LogP contribution in [0.25, 0.3) is 11.3 Å². The lowest BCUT2D eigenvalue weighted by molar-refractivity contribution is -0.134. The fourth-order valence-electron chi connectivity index (χ4n) is 2.55. The predicted molar refractivity (Wildman–Crippen MR) is 93.9 cm³/mol. The summed E-state index contributed by atoms with van der Waals surface area (Å²) < 4.78 is 5.24. The van der Waals surface area contributed by atoms with Gasteiger partial charge in [0.15, 0.2) is 5.13 Å². The van der Waals surface area contributed by atoms with Gasteiger partial charge in [-0.2, -0.15) is 0 Å². The highest BCUT2D eigenvalue weighted by atomic mass is 32.1. The van der Waals surface area contributed by atoms with Gasteiger partial charge in [-0.15, -0.1) is 0 Å². The fourth-order valence-corrected chi connectivity index (χ4v) is 3.53. The van der Waals surface area contributed by atoms with Gasteiger partial charge in [0.2, 0.25) is 0 Å². The van der Waals surface area contributed by atoms with Gasteiger partial charge >= 0.3 is 0 Å². The Morgan fingerprint density at radius 1 is 1.30 bits per heavy atom. The molecular weight excluding hydrogens is 310 g/mol. The lowest BCUT2D eigenvalue weighted by Crippen LogP contribution is -2.52. The highest BCUT2D eigenvalue weighted by Crippen LogP contribution is 2.32. The molecule has 0 radical (unpaired) electrons. The van der Waals surface area contributed by atoms with Crippen molar-refractivity contribution in [3.05, 3.63) is 35.2 Å². The van der Waals surface area contributed by atoms with Crippen molar-refractivity contribution in [3.63, 3.8) is 0 Å². The Bertz CT molecular complexity index is 633. The van der Waals surface area contributed by atoms with Gasteiger partial charge in [0.25, 0.3) is 0 Å². The molecule has 23 heavy (non-hydrogen) atoms. The van der Waals surface area contributed by atoms with E-state index >= 15 is 0 Å². The summed E-state index contributed by atoms with van der Waals surface area (Å²) in [5.74, 6) is 0. The Kier molecular flexibility index (Phi) is 4.96. The zero-order chi connectivity index (χ0) is 16.3. The number of aliphatic hydroxyl groups is 1. The normalized spacial score (nSPS) is 16.1. The van der Waals surface area contributed by atoms with E-state index in [4.69, 9.17) is 9.72 Å². The summed E-state index contributed by atoms with van der Waals surface area (Å²) in [7, 11) is 4.02. The minimum absolute atomic E-state index is 0.109. The molecule has 124 valence electrons. The molecule has 1 fully saturated rings. The van der Waals surface area contributed by atoms with Gasteiger partial charge in [0.1, 0.15) is 0 Å². The third kappa shape index (κ3) is 3.55. The molecule has 3 rings (SSSR count). The summed E-state index contributed by atoms with van der Waals surface area (Å²) in [5, 5.41) is 14.0. The second-order valence-electron chi connectivity index (χ2n) is 6.28. The zero-order valence-electron chi connectivity index (χ0n) is 13.6. The van der Waals surface area contributed by atoms with E-state index in [0.29, 0.717) is 13.2 Å². The van der Waals surface area contributed by atoms with Crippen LogP contribution >= 0.6 is 11.3 Å². The third-order valence-corrected chi connectivity index (χ3v) is 5.28. The maximum absolute atomic E-state index is 9.51. The SMILES string of the molecule is CN(C)c1nc(-c2ccccc2)c(CNCC2(CO)COC2)s1. The highest BCUT2D eigenvalue weighted by Gasteiger charge is 2.37. The van der Waals surface area contributed by atoms with Gasteiger partial charge in [0.05, 0.1) is 30.9 Å². The molecule has 1 aliphatic rings. The van der Waals surface area contributed by atoms with Crippen molar-refractivity contribution in [2.75, 3.05) is 45.4 Å². The first-order valence-electron chi connectivity index (χ1n) is 7.75. The van der Waals surface area contributed by atoms with E-state index in [-0.39, 0.29) is 12.0 Å². The summed E-state index contributed by atoms with van der Waals surface area (Å²) >= 11 is 1.70. The molecule has 1 saturated heterocycles. The van der Waals surface area contributed by atoms with Gasteiger partial charge in [0, 0.05) is 37.6 Å². The van der Waals surface area contributed by atoms with Gasteiger partial charge in [-0.05, 0) is 0 Å². The van der Waals surface area contributed by atoms with Crippen LogP contribution in [-0.4, -0.2) is 50.6 Å². The van der Waals surface area contributed by atoms with Crippen LogP contribution in [0.5, 0.6) is 0 Å². The van der Waals surface area contributed by atoms with Crippen LogP contribution in [0.1, 0.15) is 4.88 Å². The zero-order valence-corrected chi connectivity index (χ0v) is 14.4. The molecule has 0 aliphatic carbocycles. The third-order valence-electron chi connectivity index (χ3n) is 4.05. The van der Waals surface area contributed by atoms with E-state index < -0.39 is 0 Å². The number of nitrogens with zero attached hydrogens (tertiary/aromatic N) is 2. The van der Waals surface area contributed by atoms with E-state index in [9.17, 15) is 5.11 Å². The first kappa shape index (κ1) is 16.4. The van der Waals surface area contributed by atoms with Crippen LogP contribution in [0, 0.1) is 5.41 Å². The second kappa shape index (κ2) is 6.97. The molecule has 2 aromatic rings. The summed E-state index contributed by atoms with van der Waals surface area (Å²) in [6, 6.07) is 10.3. The number of ether oxygens (including phenoxy) is 1. The average Bonchev–Trinajstić information content (AvgIpc) is 2.95. The minimum Gasteiger partial charge on any atom is -0.396 e. The second-order valence-corrected chi connectivity index (χ2v) is 7.35. The summed E-state index contributed by atoms with van der Waals surface area (Å²) in [4.78, 5) is 8.03. The first-order valence-corrected chi connectivity index (χ1v) is 8.57. The van der Waals surface area contributed by atoms with Crippen molar-refractivity contribution in [1.29, 1.82) is 0 Å². The number of nitrogens with one attached hydrogen (secondary N) is 1. The maximum Gasteiger partial charge on any atom is 0.185 e. The molecule has 2 heterocycles. The number of anilines is 1. The number of hydrogen-bond acceptors (Lipinski definition) is 6. The summed E-state index contributed by atoms with van der Waals surface area (Å²) in [5.41, 5.74) is 2.06. The van der Waals surface area contributed by atoms with E-state index in [0.717, 1.165) is 29.5 Å². The Balaban J connectivity index is 1.75. The molecule has 0 atom stereocenters. The topological polar surface area (TPSA) is 57.6 Å². The molecule has 1 aromatic carbocycles. The van der Waals surface area contributed by atoms with E-state index in [1.165, 1.54) is 4.88 Å². The van der Waals surface area contributed by atoms with Crippen LogP contribution in [0.3, 0.4) is 0 Å². The fraction of sp³-hybridized carbons (Fsp3) is 0.471. The number of aliphatic hydroxyl groups excluding tert-OH is 1. The van der Waals surface area contributed by atoms with E-state index in [2.05, 4.69) is 17.4 Å². The molecule has 0 spiro atoms. The lowest BCUT2D eigenvalue weighted by Gasteiger charge is -2.40. The summed E-state index contributed by atoms with van der Waals surface area (Å²) in [6.45, 7) is 2.93. The van der Waals surface area contributed by atoms with Crippen LogP contribution in [0.15, 0.2) is 30.3 Å². The van der Waals surface area contributed by atoms with Crippen molar-refractivity contribution in [1.82, 2.24) is 10.3 Å². The largest absolute Gasteiger partial charge is 0.396 e. The van der Waals surface area contributed by atoms with Crippen LogP contribution in [-0.2, 0) is 11.3 Å². The molecule has 0 unspecified atom stereocenters. The Labute approximate surface area is 140 Å². The molecule has 0 amide bonds. The lowest BCUT2D eigenvalue weighted by atomic mass is 9.87. The van der Waals surface area contributed by atoms with Crippen molar-refractivity contribution in [2.24, 2.45) is 5.41 Å². The van der Waals surface area contributed by atoms with Gasteiger partial charge in [-0.25, -0.2) is 4.98 Å². The highest BCUT2D eigenvalue weighted by molar-refractivity contribution is 7.16. The molecule has 0 saturated carbocycles. The molecule has 2 N–H and O–H groups in total. The Hall–Kier alpha value is -1.47. The molecule has 1 aliphatic heterocycles. The average molecular weight is 333 g/mol. The quantitative estimate of drug-likeness (QED) is 0.811. The molecule has 1 aromatic heterocycles. The number of aromatic nitrogens is 1. The smallest absolute Gasteiger partial charge is 0.185 e.